The van der Waals surface area contributed by atoms with Crippen molar-refractivity contribution >= 4 is 58.0 Å². The largest absolute Gasteiger partial charge is 0.300 e. The number of thioether (sulfide) groups is 1. The summed E-state index contributed by atoms with van der Waals surface area (Å²) in [6, 6.07) is 21.9. The van der Waals surface area contributed by atoms with Crippen LogP contribution >= 0.6 is 35.1 Å². The van der Waals surface area contributed by atoms with Crippen LogP contribution in [-0.4, -0.2) is 11.1 Å². The third-order valence-electron chi connectivity index (χ3n) is 4.68. The number of carbonyl (C=O) groups is 1. The van der Waals surface area contributed by atoms with Crippen LogP contribution in [0.3, 0.4) is 0 Å². The molecule has 0 aromatic heterocycles. The molecule has 1 fully saturated rings. The molecule has 4 rings (SSSR count). The fourth-order valence-corrected chi connectivity index (χ4v) is 4.65. The number of benzene rings is 3. The van der Waals surface area contributed by atoms with E-state index in [-0.39, 0.29) is 5.91 Å². The van der Waals surface area contributed by atoms with Gasteiger partial charge in [-0.15, -0.1) is 0 Å². The van der Waals surface area contributed by atoms with Crippen LogP contribution in [-0.2, 0) is 4.79 Å². The van der Waals surface area contributed by atoms with Crippen LogP contribution in [0.1, 0.15) is 16.7 Å². The van der Waals surface area contributed by atoms with Gasteiger partial charge in [-0.05, 0) is 90.8 Å². The molecule has 30 heavy (non-hydrogen) atoms. The molecule has 0 aliphatic carbocycles. The van der Waals surface area contributed by atoms with E-state index >= 15 is 0 Å². The molecule has 0 radical (unpaired) electrons. The SMILES string of the molecule is Cc1cccc(N=C2NC(=O)/C(=C/c3ccc(Sc4ccc(Cl)cc4)cc3)S2)c1C. The van der Waals surface area contributed by atoms with Gasteiger partial charge in [0.25, 0.3) is 5.91 Å². The standard InChI is InChI=1S/C24H19ClN2OS2/c1-15-4-3-5-21(16(15)2)26-24-27-23(28)22(30-24)14-17-6-10-19(11-7-17)29-20-12-8-18(25)9-13-20/h3-14H,1-2H3,(H,26,27,28)/b22-14-. The van der Waals surface area contributed by atoms with Gasteiger partial charge in [0.1, 0.15) is 0 Å². The lowest BCUT2D eigenvalue weighted by atomic mass is 10.1. The Morgan fingerprint density at radius 3 is 2.33 bits per heavy atom. The van der Waals surface area contributed by atoms with Crippen molar-refractivity contribution in [1.82, 2.24) is 5.32 Å². The minimum Gasteiger partial charge on any atom is -0.300 e. The zero-order valence-electron chi connectivity index (χ0n) is 16.5. The van der Waals surface area contributed by atoms with Crippen LogP contribution in [0.4, 0.5) is 5.69 Å². The molecular formula is C24H19ClN2OS2. The van der Waals surface area contributed by atoms with E-state index in [1.807, 2.05) is 73.7 Å². The fourth-order valence-electron chi connectivity index (χ4n) is 2.87. The lowest BCUT2D eigenvalue weighted by Gasteiger charge is -2.04. The Morgan fingerprint density at radius 2 is 1.63 bits per heavy atom. The lowest BCUT2D eigenvalue weighted by molar-refractivity contribution is -0.115. The fraction of sp³-hybridized carbons (Fsp3) is 0.0833. The van der Waals surface area contributed by atoms with Crippen molar-refractivity contribution in [2.45, 2.75) is 23.6 Å². The zero-order valence-corrected chi connectivity index (χ0v) is 18.9. The van der Waals surface area contributed by atoms with Crippen molar-refractivity contribution in [2.75, 3.05) is 0 Å². The van der Waals surface area contributed by atoms with Gasteiger partial charge in [0.05, 0.1) is 10.6 Å². The maximum absolute atomic E-state index is 12.4. The molecule has 0 unspecified atom stereocenters. The van der Waals surface area contributed by atoms with Gasteiger partial charge in [0.2, 0.25) is 0 Å². The first-order valence-corrected chi connectivity index (χ1v) is 11.4. The maximum Gasteiger partial charge on any atom is 0.264 e. The van der Waals surface area contributed by atoms with Gasteiger partial charge < -0.3 is 5.32 Å². The first kappa shape index (κ1) is 20.8. The molecule has 3 aromatic carbocycles. The van der Waals surface area contributed by atoms with Crippen molar-refractivity contribution in [3.63, 3.8) is 0 Å². The lowest BCUT2D eigenvalue weighted by Crippen LogP contribution is -2.19. The molecule has 0 atom stereocenters. The average molecular weight is 451 g/mol. The van der Waals surface area contributed by atoms with Crippen molar-refractivity contribution < 1.29 is 4.79 Å². The highest BCUT2D eigenvalue weighted by Crippen LogP contribution is 2.31. The van der Waals surface area contributed by atoms with E-state index in [9.17, 15) is 4.79 Å². The van der Waals surface area contributed by atoms with Gasteiger partial charge in [-0.1, -0.05) is 47.6 Å². The van der Waals surface area contributed by atoms with E-state index < -0.39 is 0 Å². The molecule has 0 saturated carbocycles. The van der Waals surface area contributed by atoms with E-state index in [1.165, 1.54) is 17.3 Å². The molecule has 6 heteroatoms. The summed E-state index contributed by atoms with van der Waals surface area (Å²) in [5.74, 6) is -0.122. The van der Waals surface area contributed by atoms with Crippen LogP contribution in [0.5, 0.6) is 0 Å². The number of nitrogens with zero attached hydrogens (tertiary/aromatic N) is 1. The van der Waals surface area contributed by atoms with E-state index in [4.69, 9.17) is 11.6 Å². The van der Waals surface area contributed by atoms with E-state index in [0.29, 0.717) is 10.1 Å². The summed E-state index contributed by atoms with van der Waals surface area (Å²) >= 11 is 8.97. The van der Waals surface area contributed by atoms with Gasteiger partial charge in [-0.2, -0.15) is 0 Å². The molecule has 1 saturated heterocycles. The number of amidine groups is 1. The second-order valence-electron chi connectivity index (χ2n) is 6.83. The van der Waals surface area contributed by atoms with Crippen molar-refractivity contribution in [1.29, 1.82) is 0 Å². The van der Waals surface area contributed by atoms with Gasteiger partial charge >= 0.3 is 0 Å². The van der Waals surface area contributed by atoms with Crippen LogP contribution in [0.15, 0.2) is 86.4 Å². The minimum atomic E-state index is -0.122. The molecule has 3 nitrogen and oxygen atoms in total. The predicted molar refractivity (Wildman–Crippen MR) is 129 cm³/mol. The normalized spacial score (nSPS) is 16.3. The molecule has 0 spiro atoms. The Balaban J connectivity index is 1.48. The smallest absolute Gasteiger partial charge is 0.264 e. The third-order valence-corrected chi connectivity index (χ3v) is 6.85. The summed E-state index contributed by atoms with van der Waals surface area (Å²) in [7, 11) is 0. The molecular weight excluding hydrogens is 432 g/mol. The van der Waals surface area contributed by atoms with Crippen LogP contribution in [0, 0.1) is 13.8 Å². The molecule has 150 valence electrons. The summed E-state index contributed by atoms with van der Waals surface area (Å²) in [6.45, 7) is 4.09. The molecule has 1 amide bonds. The highest BCUT2D eigenvalue weighted by atomic mass is 35.5. The van der Waals surface area contributed by atoms with Gasteiger partial charge in [-0.3, -0.25) is 4.79 Å². The Bertz CT molecular complexity index is 1150. The van der Waals surface area contributed by atoms with Gasteiger partial charge in [0.15, 0.2) is 5.17 Å². The second kappa shape index (κ2) is 9.13. The topological polar surface area (TPSA) is 41.5 Å². The first-order chi connectivity index (χ1) is 14.5. The zero-order chi connectivity index (χ0) is 21.1. The molecule has 1 aliphatic rings. The molecule has 0 bridgehead atoms. The average Bonchev–Trinajstić information content (AvgIpc) is 3.07. The summed E-state index contributed by atoms with van der Waals surface area (Å²) in [5.41, 5.74) is 4.15. The minimum absolute atomic E-state index is 0.122. The number of aliphatic imine (C=N–C) groups is 1. The first-order valence-electron chi connectivity index (χ1n) is 9.37. The van der Waals surface area contributed by atoms with Crippen LogP contribution in [0.2, 0.25) is 5.02 Å². The van der Waals surface area contributed by atoms with E-state index in [2.05, 4.69) is 23.3 Å². The number of hydrogen-bond acceptors (Lipinski definition) is 4. The summed E-state index contributed by atoms with van der Waals surface area (Å²) < 4.78 is 0. The third kappa shape index (κ3) is 4.98. The maximum atomic E-state index is 12.4. The Labute approximate surface area is 189 Å². The van der Waals surface area contributed by atoms with E-state index in [1.54, 1.807) is 11.8 Å². The van der Waals surface area contributed by atoms with Crippen molar-refractivity contribution in [3.05, 3.63) is 93.3 Å². The van der Waals surface area contributed by atoms with Gasteiger partial charge in [-0.25, -0.2) is 4.99 Å². The summed E-state index contributed by atoms with van der Waals surface area (Å²) in [5, 5.41) is 4.20. The van der Waals surface area contributed by atoms with Crippen LogP contribution < -0.4 is 5.32 Å². The van der Waals surface area contributed by atoms with E-state index in [0.717, 1.165) is 31.6 Å². The number of carbonyl (C=O) groups excluding carboxylic acids is 1. The highest BCUT2D eigenvalue weighted by molar-refractivity contribution is 8.18. The number of amides is 1. The number of nitrogens with one attached hydrogen (secondary N) is 1. The molecule has 1 aliphatic heterocycles. The Morgan fingerprint density at radius 1 is 0.967 bits per heavy atom. The summed E-state index contributed by atoms with van der Waals surface area (Å²) in [6.07, 6.45) is 1.89. The molecule has 1 N–H and O–H groups in total. The molecule has 3 aromatic rings. The quantitative estimate of drug-likeness (QED) is 0.435. The van der Waals surface area contributed by atoms with Crippen molar-refractivity contribution in [3.8, 4) is 0 Å². The monoisotopic (exact) mass is 450 g/mol. The number of rotatable bonds is 4. The van der Waals surface area contributed by atoms with Crippen molar-refractivity contribution in [2.24, 2.45) is 4.99 Å². The molecule has 1 heterocycles. The Hall–Kier alpha value is -2.47. The van der Waals surface area contributed by atoms with Crippen LogP contribution in [0.25, 0.3) is 6.08 Å². The Kier molecular flexibility index (Phi) is 6.32. The number of aryl methyl sites for hydroxylation is 1. The van der Waals surface area contributed by atoms with Gasteiger partial charge in [0, 0.05) is 14.8 Å². The number of halogens is 1. The predicted octanol–water partition coefficient (Wildman–Crippen LogP) is 7.00. The summed E-state index contributed by atoms with van der Waals surface area (Å²) in [4.78, 5) is 19.9. The second-order valence-corrected chi connectivity index (χ2v) is 9.44. The highest BCUT2D eigenvalue weighted by Gasteiger charge is 2.24. The number of hydrogen-bond donors (Lipinski definition) is 1.